The Morgan fingerprint density at radius 2 is 1.77 bits per heavy atom. The number of benzene rings is 2. The molecule has 0 saturated carbocycles. The highest BCUT2D eigenvalue weighted by Gasteiger charge is 2.19. The largest absolute Gasteiger partial charge is 0.478 e. The average Bonchev–Trinajstić information content (AvgIpc) is 2.98. The van der Waals surface area contributed by atoms with E-state index in [2.05, 4.69) is 10.9 Å². The highest BCUT2D eigenvalue weighted by molar-refractivity contribution is 7.21. The van der Waals surface area contributed by atoms with Crippen LogP contribution in [0.3, 0.4) is 0 Å². The second-order valence-corrected chi connectivity index (χ2v) is 6.74. The van der Waals surface area contributed by atoms with Gasteiger partial charge in [0.2, 0.25) is 0 Å². The third-order valence-electron chi connectivity index (χ3n) is 3.86. The Labute approximate surface area is 153 Å². The zero-order valence-electron chi connectivity index (χ0n) is 14.2. The number of hydrogen-bond acceptors (Lipinski definition) is 4. The fourth-order valence-electron chi connectivity index (χ4n) is 2.45. The molecule has 0 spiro atoms. The van der Waals surface area contributed by atoms with Gasteiger partial charge < -0.3 is 4.74 Å². The Kier molecular flexibility index (Phi) is 5.18. The van der Waals surface area contributed by atoms with Crippen LogP contribution < -0.4 is 15.6 Å². The molecule has 0 aliphatic rings. The molecule has 1 unspecified atom stereocenters. The van der Waals surface area contributed by atoms with Crippen LogP contribution in [0.4, 0.5) is 4.39 Å². The topological polar surface area (TPSA) is 67.4 Å². The minimum absolute atomic E-state index is 0.0261. The summed E-state index contributed by atoms with van der Waals surface area (Å²) in [5.41, 5.74) is 5.55. The molecule has 3 aromatic rings. The number of carbonyl (C=O) groups is 2. The maximum Gasteiger partial charge on any atom is 0.280 e. The lowest BCUT2D eigenvalue weighted by molar-refractivity contribution is -0.128. The Hall–Kier alpha value is -2.93. The van der Waals surface area contributed by atoms with Crippen molar-refractivity contribution in [2.24, 2.45) is 0 Å². The van der Waals surface area contributed by atoms with Crippen LogP contribution in [0.1, 0.15) is 22.2 Å². The number of hydrazine groups is 1. The van der Waals surface area contributed by atoms with Gasteiger partial charge in [-0.15, -0.1) is 11.3 Å². The molecule has 26 heavy (non-hydrogen) atoms. The van der Waals surface area contributed by atoms with E-state index < -0.39 is 23.7 Å². The van der Waals surface area contributed by atoms with Crippen molar-refractivity contribution in [3.63, 3.8) is 0 Å². The van der Waals surface area contributed by atoms with Gasteiger partial charge in [-0.25, -0.2) is 4.39 Å². The van der Waals surface area contributed by atoms with E-state index in [-0.39, 0.29) is 5.75 Å². The monoisotopic (exact) mass is 372 g/mol. The molecular formula is C19H17FN2O3S. The van der Waals surface area contributed by atoms with E-state index in [1.54, 1.807) is 6.07 Å². The molecule has 2 N–H and O–H groups in total. The van der Waals surface area contributed by atoms with Gasteiger partial charge in [0.15, 0.2) is 17.7 Å². The maximum absolute atomic E-state index is 13.6. The molecular weight excluding hydrogens is 355 g/mol. The summed E-state index contributed by atoms with van der Waals surface area (Å²) < 4.78 is 19.8. The summed E-state index contributed by atoms with van der Waals surface area (Å²) >= 11 is 1.35. The normalized spacial score (nSPS) is 11.8. The number of fused-ring (bicyclic) bond motifs is 1. The van der Waals surface area contributed by atoms with E-state index >= 15 is 0 Å². The molecule has 134 valence electrons. The highest BCUT2D eigenvalue weighted by atomic mass is 32.1. The van der Waals surface area contributed by atoms with Crippen molar-refractivity contribution in [3.05, 3.63) is 64.8 Å². The molecule has 0 radical (unpaired) electrons. The van der Waals surface area contributed by atoms with Crippen molar-refractivity contribution in [2.45, 2.75) is 20.0 Å². The SMILES string of the molecule is Cc1c(C(=O)NNC(=O)C(C)Oc2ccccc2F)sc2ccccc12. The summed E-state index contributed by atoms with van der Waals surface area (Å²) in [5.74, 6) is -1.57. The van der Waals surface area contributed by atoms with E-state index in [1.807, 2.05) is 31.2 Å². The lowest BCUT2D eigenvalue weighted by Crippen LogP contribution is -2.47. The number of hydrogen-bond donors (Lipinski definition) is 2. The third kappa shape index (κ3) is 3.67. The molecule has 1 heterocycles. The standard InChI is InChI=1S/C19H17FN2O3S/c1-11-13-7-3-6-10-16(13)26-17(11)19(24)22-21-18(23)12(2)25-15-9-5-4-8-14(15)20/h3-10,12H,1-2H3,(H,21,23)(H,22,24). The summed E-state index contributed by atoms with van der Waals surface area (Å²) in [7, 11) is 0. The molecule has 0 saturated heterocycles. The van der Waals surface area contributed by atoms with Gasteiger partial charge in [0.25, 0.3) is 11.8 Å². The van der Waals surface area contributed by atoms with Crippen molar-refractivity contribution >= 4 is 33.2 Å². The molecule has 7 heteroatoms. The van der Waals surface area contributed by atoms with Crippen molar-refractivity contribution in [1.82, 2.24) is 10.9 Å². The van der Waals surface area contributed by atoms with E-state index in [4.69, 9.17) is 4.74 Å². The molecule has 2 aromatic carbocycles. The number of aryl methyl sites for hydroxylation is 1. The Morgan fingerprint density at radius 3 is 2.50 bits per heavy atom. The minimum Gasteiger partial charge on any atom is -0.478 e. The molecule has 5 nitrogen and oxygen atoms in total. The molecule has 0 bridgehead atoms. The van der Waals surface area contributed by atoms with Gasteiger partial charge in [0.1, 0.15) is 0 Å². The van der Waals surface area contributed by atoms with Crippen molar-refractivity contribution < 1.29 is 18.7 Å². The molecule has 1 aromatic heterocycles. The van der Waals surface area contributed by atoms with Gasteiger partial charge in [-0.2, -0.15) is 0 Å². The minimum atomic E-state index is -0.976. The fourth-order valence-corrected chi connectivity index (χ4v) is 3.56. The third-order valence-corrected chi connectivity index (χ3v) is 5.13. The smallest absolute Gasteiger partial charge is 0.280 e. The summed E-state index contributed by atoms with van der Waals surface area (Å²) in [6.45, 7) is 3.33. The number of nitrogens with one attached hydrogen (secondary N) is 2. The van der Waals surface area contributed by atoms with E-state index in [0.29, 0.717) is 4.88 Å². The van der Waals surface area contributed by atoms with Crippen LogP contribution in [-0.4, -0.2) is 17.9 Å². The van der Waals surface area contributed by atoms with Crippen LogP contribution in [0, 0.1) is 12.7 Å². The first-order valence-corrected chi connectivity index (χ1v) is 8.78. The van der Waals surface area contributed by atoms with Gasteiger partial charge in [-0.05, 0) is 43.0 Å². The van der Waals surface area contributed by atoms with Crippen LogP contribution in [0.25, 0.3) is 10.1 Å². The van der Waals surface area contributed by atoms with Crippen molar-refractivity contribution in [3.8, 4) is 5.75 Å². The average molecular weight is 372 g/mol. The molecule has 0 fully saturated rings. The first kappa shape index (κ1) is 17.9. The number of halogens is 1. The lowest BCUT2D eigenvalue weighted by Gasteiger charge is -2.15. The lowest BCUT2D eigenvalue weighted by atomic mass is 10.1. The first-order chi connectivity index (χ1) is 12.5. The molecule has 3 rings (SSSR count). The Balaban J connectivity index is 1.62. The Bertz CT molecular complexity index is 970. The second kappa shape index (κ2) is 7.53. The van der Waals surface area contributed by atoms with Crippen LogP contribution in [0.2, 0.25) is 0 Å². The second-order valence-electron chi connectivity index (χ2n) is 5.69. The fraction of sp³-hybridized carbons (Fsp3) is 0.158. The van der Waals surface area contributed by atoms with Crippen LogP contribution in [-0.2, 0) is 4.79 Å². The van der Waals surface area contributed by atoms with Gasteiger partial charge in [-0.1, -0.05) is 30.3 Å². The summed E-state index contributed by atoms with van der Waals surface area (Å²) in [6, 6.07) is 13.5. The molecule has 0 aliphatic carbocycles. The van der Waals surface area contributed by atoms with E-state index in [9.17, 15) is 14.0 Å². The molecule has 1 atom stereocenters. The van der Waals surface area contributed by atoms with Gasteiger partial charge in [0, 0.05) is 4.70 Å². The van der Waals surface area contributed by atoms with Crippen LogP contribution >= 0.6 is 11.3 Å². The number of amides is 2. The number of ether oxygens (including phenoxy) is 1. The quantitative estimate of drug-likeness (QED) is 0.688. The van der Waals surface area contributed by atoms with Crippen LogP contribution in [0.15, 0.2) is 48.5 Å². The van der Waals surface area contributed by atoms with Gasteiger partial charge in [-0.3, -0.25) is 20.4 Å². The molecule has 0 aliphatic heterocycles. The van der Waals surface area contributed by atoms with Gasteiger partial charge >= 0.3 is 0 Å². The van der Waals surface area contributed by atoms with Crippen molar-refractivity contribution in [2.75, 3.05) is 0 Å². The maximum atomic E-state index is 13.6. The highest BCUT2D eigenvalue weighted by Crippen LogP contribution is 2.30. The summed E-state index contributed by atoms with van der Waals surface area (Å²) in [4.78, 5) is 25.0. The zero-order chi connectivity index (χ0) is 18.7. The van der Waals surface area contributed by atoms with E-state index in [1.165, 1.54) is 36.5 Å². The first-order valence-electron chi connectivity index (χ1n) is 7.97. The zero-order valence-corrected chi connectivity index (χ0v) is 15.0. The predicted octanol–water partition coefficient (Wildman–Crippen LogP) is 3.58. The number of rotatable bonds is 4. The Morgan fingerprint density at radius 1 is 1.08 bits per heavy atom. The van der Waals surface area contributed by atoms with Crippen LogP contribution in [0.5, 0.6) is 5.75 Å². The van der Waals surface area contributed by atoms with Gasteiger partial charge in [0.05, 0.1) is 4.88 Å². The number of carbonyl (C=O) groups excluding carboxylic acids is 2. The van der Waals surface area contributed by atoms with E-state index in [0.717, 1.165) is 15.6 Å². The number of para-hydroxylation sites is 1. The summed E-state index contributed by atoms with van der Waals surface area (Å²) in [5, 5.41) is 1.00. The summed E-state index contributed by atoms with van der Waals surface area (Å²) in [6.07, 6.45) is -0.976. The number of thiophene rings is 1. The van der Waals surface area contributed by atoms with Crippen molar-refractivity contribution in [1.29, 1.82) is 0 Å². The predicted molar refractivity (Wildman–Crippen MR) is 98.7 cm³/mol. The molecule has 2 amide bonds.